The summed E-state index contributed by atoms with van der Waals surface area (Å²) in [5, 5.41) is 16.3. The molecule has 4 aliphatic rings. The minimum absolute atomic E-state index is 0.0872. The lowest BCUT2D eigenvalue weighted by Gasteiger charge is -2.37. The van der Waals surface area contributed by atoms with Crippen LogP contribution in [0.1, 0.15) is 65.2 Å². The largest absolute Gasteiger partial charge is 0.394 e. The van der Waals surface area contributed by atoms with E-state index in [0.29, 0.717) is 24.9 Å². The number of benzene rings is 1. The van der Waals surface area contributed by atoms with Gasteiger partial charge in [-0.2, -0.15) is 0 Å². The molecule has 1 spiro atoms. The average molecular weight is 484 g/mol. The highest BCUT2D eigenvalue weighted by molar-refractivity contribution is 6.02. The third-order valence-corrected chi connectivity index (χ3v) is 8.81. The van der Waals surface area contributed by atoms with Gasteiger partial charge in [0, 0.05) is 11.7 Å². The predicted octanol–water partition coefficient (Wildman–Crippen LogP) is 2.61. The normalized spacial score (nSPS) is 35.1. The van der Waals surface area contributed by atoms with E-state index in [9.17, 15) is 19.5 Å². The first-order valence-corrected chi connectivity index (χ1v) is 13.1. The number of nitrogens with zero attached hydrogens (tertiary/aromatic N) is 1. The fourth-order valence-corrected chi connectivity index (χ4v) is 7.14. The molecule has 3 N–H and O–H groups in total. The Labute approximate surface area is 206 Å². The van der Waals surface area contributed by atoms with Crippen LogP contribution in [0.4, 0.5) is 5.69 Å². The lowest BCUT2D eigenvalue weighted by atomic mass is 9.66. The number of carbonyl (C=O) groups excluding carboxylic acids is 3. The van der Waals surface area contributed by atoms with E-state index >= 15 is 0 Å². The molecule has 190 valence electrons. The Morgan fingerprint density at radius 2 is 1.86 bits per heavy atom. The molecule has 6 atom stereocenters. The van der Waals surface area contributed by atoms with E-state index in [4.69, 9.17) is 4.74 Å². The maximum Gasteiger partial charge on any atom is 0.246 e. The number of anilines is 1. The molecule has 1 saturated carbocycles. The Kier molecular flexibility index (Phi) is 6.38. The average Bonchev–Trinajstić information content (AvgIpc) is 3.42. The van der Waals surface area contributed by atoms with Crippen LogP contribution in [0.5, 0.6) is 0 Å². The number of carbonyl (C=O) groups is 3. The maximum atomic E-state index is 14.0. The first kappa shape index (κ1) is 24.3. The van der Waals surface area contributed by atoms with Gasteiger partial charge in [-0.3, -0.25) is 14.4 Å². The second-order valence-corrected chi connectivity index (χ2v) is 10.9. The van der Waals surface area contributed by atoms with Crippen molar-refractivity contribution >= 4 is 23.4 Å². The number of amides is 3. The molecule has 3 aliphatic heterocycles. The third kappa shape index (κ3) is 3.85. The Morgan fingerprint density at radius 1 is 1.14 bits per heavy atom. The van der Waals surface area contributed by atoms with Crippen molar-refractivity contribution in [1.29, 1.82) is 0 Å². The SMILES string of the molecule is CC[C@@H](CO)N1C(=O)[C@@H]2[C@@H](C(=O)Nc3ccccc3)[C@@]3(C)CCC2(O3)C1C(=O)NC1CCCCC1. The lowest BCUT2D eigenvalue weighted by Crippen LogP contribution is -2.59. The molecule has 2 unspecified atom stereocenters. The summed E-state index contributed by atoms with van der Waals surface area (Å²) in [5.74, 6) is -2.20. The molecule has 1 aliphatic carbocycles. The highest BCUT2D eigenvalue weighted by atomic mass is 16.5. The number of hydrogen-bond acceptors (Lipinski definition) is 5. The summed E-state index contributed by atoms with van der Waals surface area (Å²) in [7, 11) is 0. The molecule has 4 fully saturated rings. The molecule has 0 aromatic heterocycles. The van der Waals surface area contributed by atoms with Gasteiger partial charge in [-0.25, -0.2) is 0 Å². The Balaban J connectivity index is 1.50. The Morgan fingerprint density at radius 3 is 2.51 bits per heavy atom. The quantitative estimate of drug-likeness (QED) is 0.553. The molecule has 3 amide bonds. The molecule has 0 radical (unpaired) electrons. The Hall–Kier alpha value is -2.45. The molecule has 1 aromatic rings. The third-order valence-electron chi connectivity index (χ3n) is 8.81. The zero-order valence-corrected chi connectivity index (χ0v) is 20.7. The highest BCUT2D eigenvalue weighted by Crippen LogP contribution is 2.63. The minimum atomic E-state index is -1.06. The van der Waals surface area contributed by atoms with Crippen molar-refractivity contribution in [1.82, 2.24) is 10.2 Å². The molecule has 3 saturated heterocycles. The molecule has 35 heavy (non-hydrogen) atoms. The molecular formula is C27H37N3O5. The molecule has 8 nitrogen and oxygen atoms in total. The van der Waals surface area contributed by atoms with Crippen molar-refractivity contribution in [2.24, 2.45) is 11.8 Å². The zero-order valence-electron chi connectivity index (χ0n) is 20.7. The van der Waals surface area contributed by atoms with Crippen molar-refractivity contribution in [3.8, 4) is 0 Å². The minimum Gasteiger partial charge on any atom is -0.394 e. The fourth-order valence-electron chi connectivity index (χ4n) is 7.14. The van der Waals surface area contributed by atoms with Gasteiger partial charge in [-0.05, 0) is 51.2 Å². The molecule has 5 rings (SSSR count). The summed E-state index contributed by atoms with van der Waals surface area (Å²) >= 11 is 0. The maximum absolute atomic E-state index is 14.0. The summed E-state index contributed by atoms with van der Waals surface area (Å²) in [5.41, 5.74) is -1.23. The number of fused-ring (bicyclic) bond motifs is 1. The van der Waals surface area contributed by atoms with E-state index in [1.807, 2.05) is 44.2 Å². The first-order valence-electron chi connectivity index (χ1n) is 13.1. The second-order valence-electron chi connectivity index (χ2n) is 10.9. The van der Waals surface area contributed by atoms with Gasteiger partial charge in [0.25, 0.3) is 0 Å². The van der Waals surface area contributed by atoms with Gasteiger partial charge in [-0.15, -0.1) is 0 Å². The molecule has 1 aromatic carbocycles. The van der Waals surface area contributed by atoms with Crippen LogP contribution in [0.15, 0.2) is 30.3 Å². The standard InChI is InChI=1S/C27H37N3O5/c1-3-19(16-31)30-22(24(33)29-18-12-8-5-9-13-18)27-15-14-26(2,35-27)20(21(27)25(30)34)23(32)28-17-10-6-4-7-11-17/h4,6-7,10-11,18-22,31H,3,5,8-9,12-16H2,1-2H3,(H,28,32)(H,29,33)/t19-,20-,21-,22?,26+,27?/m0/s1. The van der Waals surface area contributed by atoms with Crippen molar-refractivity contribution in [2.75, 3.05) is 11.9 Å². The van der Waals surface area contributed by atoms with Gasteiger partial charge in [0.1, 0.15) is 11.6 Å². The van der Waals surface area contributed by atoms with Crippen molar-refractivity contribution in [2.45, 2.75) is 94.5 Å². The number of para-hydroxylation sites is 1. The van der Waals surface area contributed by atoms with E-state index in [2.05, 4.69) is 10.6 Å². The number of aliphatic hydroxyl groups is 1. The molecule has 3 heterocycles. The number of ether oxygens (including phenoxy) is 1. The van der Waals surface area contributed by atoms with Crippen LogP contribution in [-0.2, 0) is 19.1 Å². The topological polar surface area (TPSA) is 108 Å². The van der Waals surface area contributed by atoms with E-state index in [1.165, 1.54) is 6.42 Å². The van der Waals surface area contributed by atoms with Crippen LogP contribution in [0.2, 0.25) is 0 Å². The van der Waals surface area contributed by atoms with Gasteiger partial charge in [0.15, 0.2) is 0 Å². The van der Waals surface area contributed by atoms with Crippen molar-refractivity contribution in [3.63, 3.8) is 0 Å². The van der Waals surface area contributed by atoms with Crippen LogP contribution in [0.25, 0.3) is 0 Å². The van der Waals surface area contributed by atoms with Crippen LogP contribution in [0.3, 0.4) is 0 Å². The summed E-state index contributed by atoms with van der Waals surface area (Å²) < 4.78 is 6.64. The number of nitrogens with one attached hydrogen (secondary N) is 2. The molecule has 8 heteroatoms. The number of aliphatic hydroxyl groups excluding tert-OH is 1. The summed E-state index contributed by atoms with van der Waals surface area (Å²) in [6.07, 6.45) is 6.84. The predicted molar refractivity (Wildman–Crippen MR) is 130 cm³/mol. The van der Waals surface area contributed by atoms with E-state index in [1.54, 1.807) is 4.90 Å². The van der Waals surface area contributed by atoms with E-state index in [0.717, 1.165) is 25.7 Å². The van der Waals surface area contributed by atoms with Crippen molar-refractivity contribution in [3.05, 3.63) is 30.3 Å². The molecule has 2 bridgehead atoms. The van der Waals surface area contributed by atoms with Gasteiger partial charge >= 0.3 is 0 Å². The number of hydrogen-bond donors (Lipinski definition) is 3. The van der Waals surface area contributed by atoms with E-state index < -0.39 is 35.1 Å². The van der Waals surface area contributed by atoms with Crippen LogP contribution >= 0.6 is 0 Å². The second kappa shape index (κ2) is 9.21. The van der Waals surface area contributed by atoms with Gasteiger partial charge < -0.3 is 25.4 Å². The monoisotopic (exact) mass is 483 g/mol. The van der Waals surface area contributed by atoms with Crippen LogP contribution < -0.4 is 10.6 Å². The first-order chi connectivity index (χ1) is 16.8. The number of likely N-dealkylation sites (tertiary alicyclic amines) is 1. The lowest BCUT2D eigenvalue weighted by molar-refractivity contribution is -0.149. The fraction of sp³-hybridized carbons (Fsp3) is 0.667. The van der Waals surface area contributed by atoms with Gasteiger partial charge in [-0.1, -0.05) is 44.4 Å². The van der Waals surface area contributed by atoms with Crippen molar-refractivity contribution < 1.29 is 24.2 Å². The van der Waals surface area contributed by atoms with Crippen LogP contribution in [-0.4, -0.2) is 63.7 Å². The Bertz CT molecular complexity index is 976. The molecular weight excluding hydrogens is 446 g/mol. The zero-order chi connectivity index (χ0) is 24.8. The smallest absolute Gasteiger partial charge is 0.246 e. The highest BCUT2D eigenvalue weighted by Gasteiger charge is 2.78. The van der Waals surface area contributed by atoms with Gasteiger partial charge in [0.05, 0.1) is 30.1 Å². The van der Waals surface area contributed by atoms with E-state index in [-0.39, 0.29) is 30.4 Å². The summed E-state index contributed by atoms with van der Waals surface area (Å²) in [6, 6.07) is 7.92. The number of rotatable bonds is 7. The summed E-state index contributed by atoms with van der Waals surface area (Å²) in [4.78, 5) is 43.0. The summed E-state index contributed by atoms with van der Waals surface area (Å²) in [6.45, 7) is 3.55. The van der Waals surface area contributed by atoms with Gasteiger partial charge in [0.2, 0.25) is 17.7 Å². The van der Waals surface area contributed by atoms with Crippen LogP contribution in [0, 0.1) is 11.8 Å².